The predicted molar refractivity (Wildman–Crippen MR) is 113 cm³/mol. The van der Waals surface area contributed by atoms with E-state index in [1.807, 2.05) is 57.3 Å². The van der Waals surface area contributed by atoms with Gasteiger partial charge in [-0.3, -0.25) is 9.78 Å². The van der Waals surface area contributed by atoms with Crippen molar-refractivity contribution in [3.8, 4) is 0 Å². The second-order valence-corrected chi connectivity index (χ2v) is 7.68. The lowest BCUT2D eigenvalue weighted by Gasteiger charge is -2.07. The van der Waals surface area contributed by atoms with Crippen molar-refractivity contribution in [1.29, 1.82) is 0 Å². The molecule has 1 N–H and O–H groups in total. The first-order valence-electron chi connectivity index (χ1n) is 8.94. The fraction of sp³-hybridized carbons (Fsp3) is 0.227. The number of hydrazone groups is 1. The van der Waals surface area contributed by atoms with E-state index in [-0.39, 0.29) is 5.91 Å². The van der Waals surface area contributed by atoms with Gasteiger partial charge in [0.15, 0.2) is 0 Å². The smallest absolute Gasteiger partial charge is 0.267 e. The number of rotatable bonds is 6. The second-order valence-electron chi connectivity index (χ2n) is 6.67. The minimum Gasteiger partial charge on any atom is -0.267 e. The van der Waals surface area contributed by atoms with E-state index in [1.54, 1.807) is 11.8 Å². The minimum absolute atomic E-state index is 0.188. The maximum atomic E-state index is 12.2. The fourth-order valence-corrected chi connectivity index (χ4v) is 3.44. The third-order valence-electron chi connectivity index (χ3n) is 4.38. The predicted octanol–water partition coefficient (Wildman–Crippen LogP) is 5.29. The number of hydrogen-bond acceptors (Lipinski definition) is 4. The molecular weight excluding hydrogens is 354 g/mol. The maximum absolute atomic E-state index is 12.2. The Morgan fingerprint density at radius 2 is 1.85 bits per heavy atom. The number of carbonyl (C=O) groups excluding carboxylic acids is 1. The molecule has 1 aromatic heterocycles. The van der Waals surface area contributed by atoms with Crippen LogP contribution in [0.4, 0.5) is 0 Å². The standard InChI is InChI=1S/C22H23N3OS/c1-15(2)16(3)24-25-22(26)19-11-9-17(10-12-19)14-27-20-8-4-6-18-7-5-13-23-21(18)20/h4-13,15H,14H2,1-3H3,(H,25,26)/b24-16-. The summed E-state index contributed by atoms with van der Waals surface area (Å²) < 4.78 is 0. The van der Waals surface area contributed by atoms with Crippen LogP contribution in [0, 0.1) is 5.92 Å². The van der Waals surface area contributed by atoms with Crippen molar-refractivity contribution in [1.82, 2.24) is 10.4 Å². The first-order valence-corrected chi connectivity index (χ1v) is 9.93. The molecule has 5 heteroatoms. The molecule has 0 aliphatic rings. The summed E-state index contributed by atoms with van der Waals surface area (Å²) in [6.07, 6.45) is 1.82. The Morgan fingerprint density at radius 3 is 2.59 bits per heavy atom. The summed E-state index contributed by atoms with van der Waals surface area (Å²) in [5, 5.41) is 5.28. The number of fused-ring (bicyclic) bond motifs is 1. The zero-order chi connectivity index (χ0) is 19.2. The molecule has 2 aromatic carbocycles. The number of nitrogens with zero attached hydrogens (tertiary/aromatic N) is 2. The van der Waals surface area contributed by atoms with Crippen molar-refractivity contribution >= 4 is 34.3 Å². The van der Waals surface area contributed by atoms with Crippen molar-refractivity contribution in [2.24, 2.45) is 11.0 Å². The molecule has 0 fully saturated rings. The van der Waals surface area contributed by atoms with Gasteiger partial charge in [0.25, 0.3) is 5.91 Å². The highest BCUT2D eigenvalue weighted by atomic mass is 32.2. The van der Waals surface area contributed by atoms with Crippen LogP contribution in [0.25, 0.3) is 10.9 Å². The lowest BCUT2D eigenvalue weighted by Crippen LogP contribution is -2.20. The maximum Gasteiger partial charge on any atom is 0.271 e. The van der Waals surface area contributed by atoms with Crippen LogP contribution in [0.15, 0.2) is 70.8 Å². The summed E-state index contributed by atoms with van der Waals surface area (Å²) in [4.78, 5) is 17.8. The number of hydrogen-bond donors (Lipinski definition) is 1. The zero-order valence-electron chi connectivity index (χ0n) is 15.8. The fourth-order valence-electron chi connectivity index (χ4n) is 2.44. The summed E-state index contributed by atoms with van der Waals surface area (Å²) in [6, 6.07) is 17.9. The van der Waals surface area contributed by atoms with Gasteiger partial charge in [0, 0.05) is 33.5 Å². The van der Waals surface area contributed by atoms with Crippen LogP contribution in [-0.2, 0) is 5.75 Å². The summed E-state index contributed by atoms with van der Waals surface area (Å²) >= 11 is 1.75. The number of nitrogens with one attached hydrogen (secondary N) is 1. The van der Waals surface area contributed by atoms with Gasteiger partial charge in [0.1, 0.15) is 0 Å². The highest BCUT2D eigenvalue weighted by molar-refractivity contribution is 7.98. The molecule has 0 bridgehead atoms. The molecule has 0 aliphatic carbocycles. The van der Waals surface area contributed by atoms with Crippen molar-refractivity contribution in [2.45, 2.75) is 31.4 Å². The molecule has 27 heavy (non-hydrogen) atoms. The lowest BCUT2D eigenvalue weighted by atomic mass is 10.1. The quantitative estimate of drug-likeness (QED) is 0.361. The molecule has 3 rings (SSSR count). The van der Waals surface area contributed by atoms with Crippen molar-refractivity contribution in [2.75, 3.05) is 0 Å². The van der Waals surface area contributed by atoms with E-state index < -0.39 is 0 Å². The molecule has 0 spiro atoms. The average Bonchev–Trinajstić information content (AvgIpc) is 2.70. The highest BCUT2D eigenvalue weighted by Gasteiger charge is 2.07. The van der Waals surface area contributed by atoms with Gasteiger partial charge < -0.3 is 0 Å². The first-order chi connectivity index (χ1) is 13.0. The largest absolute Gasteiger partial charge is 0.271 e. The Kier molecular flexibility index (Phi) is 6.24. The molecule has 0 radical (unpaired) electrons. The summed E-state index contributed by atoms with van der Waals surface area (Å²) in [5.74, 6) is 0.947. The number of thioether (sulfide) groups is 1. The topological polar surface area (TPSA) is 54.4 Å². The minimum atomic E-state index is -0.188. The van der Waals surface area contributed by atoms with Gasteiger partial charge >= 0.3 is 0 Å². The van der Waals surface area contributed by atoms with Gasteiger partial charge in [0.2, 0.25) is 0 Å². The normalized spacial score (nSPS) is 11.8. The van der Waals surface area contributed by atoms with Crippen LogP contribution in [0.1, 0.15) is 36.7 Å². The molecule has 1 amide bonds. The number of carbonyl (C=O) groups is 1. The molecule has 138 valence electrons. The first kappa shape index (κ1) is 19.1. The molecule has 0 aliphatic heterocycles. The molecule has 4 nitrogen and oxygen atoms in total. The van der Waals surface area contributed by atoms with E-state index in [1.165, 1.54) is 0 Å². The lowest BCUT2D eigenvalue weighted by molar-refractivity contribution is 0.0954. The second kappa shape index (κ2) is 8.82. The highest BCUT2D eigenvalue weighted by Crippen LogP contribution is 2.28. The van der Waals surface area contributed by atoms with E-state index in [2.05, 4.69) is 39.8 Å². The van der Waals surface area contributed by atoms with Crippen LogP contribution in [0.5, 0.6) is 0 Å². The van der Waals surface area contributed by atoms with Crippen LogP contribution in [0.3, 0.4) is 0 Å². The number of para-hydroxylation sites is 1. The van der Waals surface area contributed by atoms with Gasteiger partial charge in [-0.05, 0) is 42.7 Å². The average molecular weight is 378 g/mol. The molecule has 0 saturated heterocycles. The van der Waals surface area contributed by atoms with Crippen molar-refractivity contribution in [3.63, 3.8) is 0 Å². The van der Waals surface area contributed by atoms with E-state index in [0.29, 0.717) is 11.5 Å². The van der Waals surface area contributed by atoms with Gasteiger partial charge in [-0.2, -0.15) is 5.10 Å². The number of benzene rings is 2. The number of aromatic nitrogens is 1. The van der Waals surface area contributed by atoms with Crippen LogP contribution in [0.2, 0.25) is 0 Å². The summed E-state index contributed by atoms with van der Waals surface area (Å²) in [7, 11) is 0. The van der Waals surface area contributed by atoms with Gasteiger partial charge in [-0.1, -0.05) is 44.2 Å². The van der Waals surface area contributed by atoms with Gasteiger partial charge in [-0.25, -0.2) is 5.43 Å². The Balaban J connectivity index is 1.64. The van der Waals surface area contributed by atoms with E-state index in [4.69, 9.17) is 0 Å². The molecule has 0 atom stereocenters. The summed E-state index contributed by atoms with van der Waals surface area (Å²) in [5.41, 5.74) is 6.31. The Hall–Kier alpha value is -2.66. The van der Waals surface area contributed by atoms with Gasteiger partial charge in [-0.15, -0.1) is 11.8 Å². The van der Waals surface area contributed by atoms with Crippen molar-refractivity contribution < 1.29 is 4.79 Å². The summed E-state index contributed by atoms with van der Waals surface area (Å²) in [6.45, 7) is 6.00. The number of amides is 1. The monoisotopic (exact) mass is 377 g/mol. The Labute approximate surface area is 164 Å². The van der Waals surface area contributed by atoms with Crippen LogP contribution >= 0.6 is 11.8 Å². The van der Waals surface area contributed by atoms with Crippen LogP contribution < -0.4 is 5.43 Å². The molecule has 3 aromatic rings. The number of pyridine rings is 1. The van der Waals surface area contributed by atoms with E-state index >= 15 is 0 Å². The van der Waals surface area contributed by atoms with Crippen LogP contribution in [-0.4, -0.2) is 16.6 Å². The molecule has 0 saturated carbocycles. The van der Waals surface area contributed by atoms with E-state index in [9.17, 15) is 4.79 Å². The van der Waals surface area contributed by atoms with E-state index in [0.717, 1.165) is 32.8 Å². The zero-order valence-corrected chi connectivity index (χ0v) is 16.6. The molecular formula is C22H23N3OS. The SMILES string of the molecule is C/C(=N/NC(=O)c1ccc(CSc2cccc3cccnc23)cc1)C(C)C. The Bertz CT molecular complexity index is 959. The van der Waals surface area contributed by atoms with Crippen molar-refractivity contribution in [3.05, 3.63) is 71.9 Å². The third kappa shape index (κ3) is 4.95. The van der Waals surface area contributed by atoms with Gasteiger partial charge in [0.05, 0.1) is 5.52 Å². The molecule has 0 unspecified atom stereocenters. The third-order valence-corrected chi connectivity index (χ3v) is 5.49. The molecule has 1 heterocycles. The Morgan fingerprint density at radius 1 is 1.11 bits per heavy atom.